The lowest BCUT2D eigenvalue weighted by molar-refractivity contribution is -0.139. The standard InChI is InChI=1S/C15H29N3O2/c1-3-18(4-2)12-8-11-16-14(19)15(20)17-13-9-6-5-7-10-13/h13H,3-12H2,1-2H3,(H,16,19)(H,17,20). The number of nitrogens with zero attached hydrogens (tertiary/aromatic N) is 1. The molecule has 1 aliphatic rings. The second-order valence-electron chi connectivity index (χ2n) is 5.44. The van der Waals surface area contributed by atoms with Gasteiger partial charge in [0.1, 0.15) is 0 Å². The van der Waals surface area contributed by atoms with Crippen LogP contribution in [0.25, 0.3) is 0 Å². The maximum absolute atomic E-state index is 11.7. The van der Waals surface area contributed by atoms with E-state index in [4.69, 9.17) is 0 Å². The van der Waals surface area contributed by atoms with Crippen LogP contribution in [0.15, 0.2) is 0 Å². The molecule has 0 heterocycles. The van der Waals surface area contributed by atoms with E-state index < -0.39 is 11.8 Å². The Bertz CT molecular complexity index is 297. The number of amides is 2. The summed E-state index contributed by atoms with van der Waals surface area (Å²) in [6.07, 6.45) is 6.42. The SMILES string of the molecule is CCN(CC)CCCNC(=O)C(=O)NC1CCCCC1. The smallest absolute Gasteiger partial charge is 0.309 e. The lowest BCUT2D eigenvalue weighted by Gasteiger charge is -2.22. The average molecular weight is 283 g/mol. The predicted octanol–water partition coefficient (Wildman–Crippen LogP) is 1.28. The van der Waals surface area contributed by atoms with Crippen LogP contribution in [0.3, 0.4) is 0 Å². The number of hydrogen-bond acceptors (Lipinski definition) is 3. The third-order valence-electron chi connectivity index (χ3n) is 3.98. The summed E-state index contributed by atoms with van der Waals surface area (Å²) in [4.78, 5) is 25.7. The molecule has 1 saturated carbocycles. The van der Waals surface area contributed by atoms with Crippen LogP contribution in [0.2, 0.25) is 0 Å². The van der Waals surface area contributed by atoms with Gasteiger partial charge in [0.05, 0.1) is 0 Å². The molecule has 5 nitrogen and oxygen atoms in total. The third-order valence-corrected chi connectivity index (χ3v) is 3.98. The highest BCUT2D eigenvalue weighted by molar-refractivity contribution is 6.35. The number of carbonyl (C=O) groups is 2. The molecule has 1 fully saturated rings. The van der Waals surface area contributed by atoms with Crippen LogP contribution in [-0.4, -0.2) is 48.9 Å². The first kappa shape index (κ1) is 17.0. The molecule has 20 heavy (non-hydrogen) atoms. The highest BCUT2D eigenvalue weighted by atomic mass is 16.2. The molecule has 2 N–H and O–H groups in total. The van der Waals surface area contributed by atoms with E-state index in [0.29, 0.717) is 6.54 Å². The van der Waals surface area contributed by atoms with E-state index in [2.05, 4.69) is 29.4 Å². The molecular formula is C15H29N3O2. The van der Waals surface area contributed by atoms with Gasteiger partial charge < -0.3 is 15.5 Å². The molecular weight excluding hydrogens is 254 g/mol. The van der Waals surface area contributed by atoms with E-state index in [1.54, 1.807) is 0 Å². The second kappa shape index (κ2) is 9.75. The molecule has 0 aromatic heterocycles. The average Bonchev–Trinajstić information content (AvgIpc) is 2.48. The summed E-state index contributed by atoms with van der Waals surface area (Å²) < 4.78 is 0. The Morgan fingerprint density at radius 3 is 2.30 bits per heavy atom. The molecule has 1 aliphatic carbocycles. The molecule has 0 spiro atoms. The van der Waals surface area contributed by atoms with E-state index in [1.807, 2.05) is 0 Å². The fourth-order valence-electron chi connectivity index (χ4n) is 2.62. The van der Waals surface area contributed by atoms with Crippen LogP contribution in [0.1, 0.15) is 52.4 Å². The van der Waals surface area contributed by atoms with Crippen LogP contribution in [0.5, 0.6) is 0 Å². The fourth-order valence-corrected chi connectivity index (χ4v) is 2.62. The minimum absolute atomic E-state index is 0.192. The molecule has 116 valence electrons. The van der Waals surface area contributed by atoms with Crippen molar-refractivity contribution >= 4 is 11.8 Å². The molecule has 0 aromatic carbocycles. The molecule has 0 saturated heterocycles. The summed E-state index contributed by atoms with van der Waals surface area (Å²) in [5, 5.41) is 5.53. The second-order valence-corrected chi connectivity index (χ2v) is 5.44. The van der Waals surface area contributed by atoms with Crippen LogP contribution in [-0.2, 0) is 9.59 Å². The Labute approximate surface area is 122 Å². The summed E-state index contributed by atoms with van der Waals surface area (Å²) in [5.41, 5.74) is 0. The maximum atomic E-state index is 11.7. The molecule has 0 unspecified atom stereocenters. The number of hydrogen-bond donors (Lipinski definition) is 2. The van der Waals surface area contributed by atoms with Crippen LogP contribution in [0, 0.1) is 0 Å². The van der Waals surface area contributed by atoms with Crippen molar-refractivity contribution in [3.63, 3.8) is 0 Å². The van der Waals surface area contributed by atoms with Gasteiger partial charge in [0.2, 0.25) is 0 Å². The third kappa shape index (κ3) is 6.37. The zero-order chi connectivity index (χ0) is 14.8. The van der Waals surface area contributed by atoms with Crippen molar-refractivity contribution in [2.45, 2.75) is 58.4 Å². The first-order valence-electron chi connectivity index (χ1n) is 7.98. The first-order chi connectivity index (χ1) is 9.67. The Kier molecular flexibility index (Phi) is 8.26. The van der Waals surface area contributed by atoms with Gasteiger partial charge in [-0.3, -0.25) is 9.59 Å². The van der Waals surface area contributed by atoms with Gasteiger partial charge in [-0.05, 0) is 38.9 Å². The summed E-state index contributed by atoms with van der Waals surface area (Å²) in [6, 6.07) is 0.192. The monoisotopic (exact) mass is 283 g/mol. The molecule has 0 radical (unpaired) electrons. The number of rotatable bonds is 7. The minimum Gasteiger partial charge on any atom is -0.348 e. The van der Waals surface area contributed by atoms with Crippen molar-refractivity contribution in [3.05, 3.63) is 0 Å². The largest absolute Gasteiger partial charge is 0.348 e. The number of nitrogens with one attached hydrogen (secondary N) is 2. The van der Waals surface area contributed by atoms with Gasteiger partial charge in [0, 0.05) is 12.6 Å². The summed E-state index contributed by atoms with van der Waals surface area (Å²) in [6.45, 7) is 7.81. The van der Waals surface area contributed by atoms with Crippen LogP contribution >= 0.6 is 0 Å². The molecule has 0 atom stereocenters. The molecule has 0 aliphatic heterocycles. The molecule has 0 aromatic rings. The van der Waals surface area contributed by atoms with E-state index >= 15 is 0 Å². The van der Waals surface area contributed by atoms with Gasteiger partial charge >= 0.3 is 11.8 Å². The fraction of sp³-hybridized carbons (Fsp3) is 0.867. The Morgan fingerprint density at radius 1 is 1.05 bits per heavy atom. The van der Waals surface area contributed by atoms with Gasteiger partial charge in [-0.15, -0.1) is 0 Å². The summed E-state index contributed by atoms with van der Waals surface area (Å²) in [5.74, 6) is -0.963. The van der Waals surface area contributed by atoms with E-state index in [9.17, 15) is 9.59 Å². The zero-order valence-electron chi connectivity index (χ0n) is 12.9. The van der Waals surface area contributed by atoms with Crippen molar-refractivity contribution in [2.75, 3.05) is 26.2 Å². The minimum atomic E-state index is -0.491. The van der Waals surface area contributed by atoms with Crippen molar-refractivity contribution in [2.24, 2.45) is 0 Å². The summed E-state index contributed by atoms with van der Waals surface area (Å²) >= 11 is 0. The van der Waals surface area contributed by atoms with E-state index in [1.165, 1.54) is 6.42 Å². The predicted molar refractivity (Wildman–Crippen MR) is 80.4 cm³/mol. The normalized spacial score (nSPS) is 16.1. The van der Waals surface area contributed by atoms with Crippen molar-refractivity contribution in [3.8, 4) is 0 Å². The Morgan fingerprint density at radius 2 is 1.70 bits per heavy atom. The highest BCUT2D eigenvalue weighted by Gasteiger charge is 2.19. The van der Waals surface area contributed by atoms with Gasteiger partial charge in [-0.25, -0.2) is 0 Å². The quantitative estimate of drug-likeness (QED) is 0.546. The summed E-state index contributed by atoms with van der Waals surface area (Å²) in [7, 11) is 0. The van der Waals surface area contributed by atoms with Crippen LogP contribution < -0.4 is 10.6 Å². The Balaban J connectivity index is 2.13. The van der Waals surface area contributed by atoms with Gasteiger partial charge in [-0.2, -0.15) is 0 Å². The Hall–Kier alpha value is -1.10. The highest BCUT2D eigenvalue weighted by Crippen LogP contribution is 2.17. The van der Waals surface area contributed by atoms with Crippen molar-refractivity contribution in [1.82, 2.24) is 15.5 Å². The first-order valence-corrected chi connectivity index (χ1v) is 7.98. The molecule has 1 rings (SSSR count). The van der Waals surface area contributed by atoms with Crippen LogP contribution in [0.4, 0.5) is 0 Å². The van der Waals surface area contributed by atoms with E-state index in [0.717, 1.165) is 51.7 Å². The van der Waals surface area contributed by atoms with E-state index in [-0.39, 0.29) is 6.04 Å². The van der Waals surface area contributed by atoms with Gasteiger partial charge in [0.15, 0.2) is 0 Å². The maximum Gasteiger partial charge on any atom is 0.309 e. The molecule has 5 heteroatoms. The lowest BCUT2D eigenvalue weighted by Crippen LogP contribution is -2.45. The van der Waals surface area contributed by atoms with Gasteiger partial charge in [-0.1, -0.05) is 33.1 Å². The molecule has 0 bridgehead atoms. The van der Waals surface area contributed by atoms with Crippen molar-refractivity contribution < 1.29 is 9.59 Å². The van der Waals surface area contributed by atoms with Gasteiger partial charge in [0.25, 0.3) is 0 Å². The van der Waals surface area contributed by atoms with Crippen molar-refractivity contribution in [1.29, 1.82) is 0 Å². The topological polar surface area (TPSA) is 61.4 Å². The molecule has 2 amide bonds. The zero-order valence-corrected chi connectivity index (χ0v) is 12.9. The lowest BCUT2D eigenvalue weighted by atomic mass is 9.95. The number of carbonyl (C=O) groups excluding carboxylic acids is 2.